The van der Waals surface area contributed by atoms with Crippen LogP contribution in [0.15, 0.2) is 65.8 Å². The Morgan fingerprint density at radius 3 is 2.23 bits per heavy atom. The summed E-state index contributed by atoms with van der Waals surface area (Å²) >= 11 is 0. The van der Waals surface area contributed by atoms with E-state index < -0.39 is 38.1 Å². The fourth-order valence-electron chi connectivity index (χ4n) is 3.89. The van der Waals surface area contributed by atoms with Gasteiger partial charge in [0.1, 0.15) is 28.7 Å². The van der Waals surface area contributed by atoms with E-state index in [4.69, 9.17) is 16.2 Å². The highest BCUT2D eigenvalue weighted by molar-refractivity contribution is 7.92. The van der Waals surface area contributed by atoms with Crippen molar-refractivity contribution in [1.29, 1.82) is 0 Å². The highest BCUT2D eigenvalue weighted by Gasteiger charge is 2.26. The van der Waals surface area contributed by atoms with Crippen LogP contribution in [0.1, 0.15) is 0 Å². The average molecular weight is 554 g/mol. The normalized spacial score (nSPS) is 11.5. The summed E-state index contributed by atoms with van der Waals surface area (Å²) in [5, 5.41) is 0.322. The molecule has 0 unspecified atom stereocenters. The molecule has 0 aliphatic heterocycles. The van der Waals surface area contributed by atoms with Crippen LogP contribution >= 0.6 is 0 Å². The summed E-state index contributed by atoms with van der Waals surface area (Å²) in [5.41, 5.74) is 12.2. The lowest BCUT2D eigenvalue weighted by atomic mass is 10.0. The summed E-state index contributed by atoms with van der Waals surface area (Å²) in [7, 11) is -3.43. The van der Waals surface area contributed by atoms with Gasteiger partial charge in [0.2, 0.25) is 5.95 Å². The number of sulfonamides is 1. The molecule has 2 aromatic heterocycles. The van der Waals surface area contributed by atoms with Crippen molar-refractivity contribution >= 4 is 38.4 Å². The van der Waals surface area contributed by atoms with Gasteiger partial charge >= 0.3 is 0 Å². The quantitative estimate of drug-likeness (QED) is 0.281. The number of halogens is 3. The van der Waals surface area contributed by atoms with Crippen LogP contribution in [-0.4, -0.2) is 35.5 Å². The van der Waals surface area contributed by atoms with Crippen LogP contribution in [0.25, 0.3) is 33.4 Å². The zero-order valence-corrected chi connectivity index (χ0v) is 20.8. The Morgan fingerprint density at radius 1 is 0.897 bits per heavy atom. The van der Waals surface area contributed by atoms with Crippen LogP contribution in [0.3, 0.4) is 0 Å². The Bertz CT molecular complexity index is 1830. The molecule has 5 N–H and O–H groups in total. The topological polar surface area (TPSA) is 159 Å². The zero-order chi connectivity index (χ0) is 27.9. The van der Waals surface area contributed by atoms with Gasteiger partial charge in [-0.1, -0.05) is 18.2 Å². The van der Waals surface area contributed by atoms with Gasteiger partial charge in [-0.25, -0.2) is 41.5 Å². The number of nitrogens with zero attached hydrogens (tertiary/aromatic N) is 4. The molecule has 14 heteroatoms. The number of nitrogens with one attached hydrogen (secondary N) is 1. The molecule has 0 spiro atoms. The minimum absolute atomic E-state index is 0.0410. The van der Waals surface area contributed by atoms with Crippen molar-refractivity contribution in [2.24, 2.45) is 0 Å². The summed E-state index contributed by atoms with van der Waals surface area (Å²) in [6, 6.07) is 9.43. The Kier molecular flexibility index (Phi) is 6.39. The molecule has 0 amide bonds. The number of methoxy groups -OCH3 is 1. The van der Waals surface area contributed by atoms with Crippen LogP contribution in [0.5, 0.6) is 5.75 Å². The molecule has 2 heterocycles. The van der Waals surface area contributed by atoms with E-state index in [0.717, 1.165) is 24.3 Å². The number of nitrogens with two attached hydrogens (primary N) is 2. The second-order valence-electron chi connectivity index (χ2n) is 8.16. The van der Waals surface area contributed by atoms with E-state index >= 15 is 4.39 Å². The Morgan fingerprint density at radius 2 is 1.56 bits per heavy atom. The van der Waals surface area contributed by atoms with Crippen molar-refractivity contribution in [2.45, 2.75) is 4.90 Å². The maximum absolute atomic E-state index is 15.6. The minimum atomic E-state index is -4.81. The van der Waals surface area contributed by atoms with Crippen LogP contribution in [0.2, 0.25) is 0 Å². The molecular weight excluding hydrogens is 535 g/mol. The smallest absolute Gasteiger partial charge is 0.267 e. The molecule has 10 nitrogen and oxygen atoms in total. The van der Waals surface area contributed by atoms with Gasteiger partial charge in [0.15, 0.2) is 16.5 Å². The molecule has 0 fully saturated rings. The molecule has 0 saturated carbocycles. The zero-order valence-electron chi connectivity index (χ0n) is 20.0. The van der Waals surface area contributed by atoms with Gasteiger partial charge in [0.05, 0.1) is 18.4 Å². The second kappa shape index (κ2) is 9.72. The highest BCUT2D eigenvalue weighted by atomic mass is 32.2. The highest BCUT2D eigenvalue weighted by Crippen LogP contribution is 2.37. The molecule has 5 aromatic rings. The predicted molar refractivity (Wildman–Crippen MR) is 139 cm³/mol. The molecular formula is C25H18F3N7O3S. The minimum Gasteiger partial charge on any atom is -0.494 e. The molecule has 0 bridgehead atoms. The number of aromatic nitrogens is 4. The van der Waals surface area contributed by atoms with Crippen molar-refractivity contribution in [3.8, 4) is 28.3 Å². The number of nitrogen functional groups attached to an aromatic ring is 2. The first-order valence-corrected chi connectivity index (χ1v) is 12.6. The van der Waals surface area contributed by atoms with E-state index in [1.807, 2.05) is 4.72 Å². The summed E-state index contributed by atoms with van der Waals surface area (Å²) < 4.78 is 76.6. The molecule has 0 radical (unpaired) electrons. The number of anilines is 3. The maximum Gasteiger partial charge on any atom is 0.267 e. The molecule has 3 aromatic carbocycles. The van der Waals surface area contributed by atoms with Gasteiger partial charge in [0, 0.05) is 23.3 Å². The molecule has 198 valence electrons. The summed E-state index contributed by atoms with van der Waals surface area (Å²) in [6.45, 7) is 0. The van der Waals surface area contributed by atoms with Gasteiger partial charge in [0.25, 0.3) is 10.0 Å². The lowest BCUT2D eigenvalue weighted by molar-refractivity contribution is 0.419. The molecule has 0 atom stereocenters. The number of rotatable bonds is 6. The van der Waals surface area contributed by atoms with Gasteiger partial charge in [-0.15, -0.1) is 0 Å². The van der Waals surface area contributed by atoms with Crippen LogP contribution in [-0.2, 0) is 10.0 Å². The Hall–Kier alpha value is -4.98. The second-order valence-corrected chi connectivity index (χ2v) is 9.78. The van der Waals surface area contributed by atoms with E-state index in [-0.39, 0.29) is 34.5 Å². The molecule has 0 saturated heterocycles. The number of fused-ring (bicyclic) bond motifs is 1. The van der Waals surface area contributed by atoms with E-state index in [2.05, 4.69) is 19.9 Å². The van der Waals surface area contributed by atoms with Gasteiger partial charge in [-0.2, -0.15) is 0 Å². The van der Waals surface area contributed by atoms with Gasteiger partial charge in [-0.05, 0) is 35.9 Å². The third kappa shape index (κ3) is 4.72. The fourth-order valence-corrected chi connectivity index (χ4v) is 5.08. The number of benzene rings is 3. The van der Waals surface area contributed by atoms with Crippen LogP contribution in [0, 0.1) is 17.5 Å². The Balaban J connectivity index is 1.60. The van der Waals surface area contributed by atoms with Crippen molar-refractivity contribution in [2.75, 3.05) is 23.3 Å². The first-order chi connectivity index (χ1) is 18.6. The van der Waals surface area contributed by atoms with Crippen molar-refractivity contribution < 1.29 is 26.3 Å². The van der Waals surface area contributed by atoms with Gasteiger partial charge < -0.3 is 16.2 Å². The van der Waals surface area contributed by atoms with E-state index in [1.54, 1.807) is 0 Å². The van der Waals surface area contributed by atoms with Crippen molar-refractivity contribution in [1.82, 2.24) is 19.9 Å². The molecule has 39 heavy (non-hydrogen) atoms. The number of hydrogen-bond acceptors (Lipinski definition) is 9. The summed E-state index contributed by atoms with van der Waals surface area (Å²) in [5.74, 6) is -3.12. The summed E-state index contributed by atoms with van der Waals surface area (Å²) in [4.78, 5) is 15.4. The monoisotopic (exact) mass is 553 g/mol. The van der Waals surface area contributed by atoms with Gasteiger partial charge in [-0.3, -0.25) is 4.72 Å². The third-order valence-electron chi connectivity index (χ3n) is 5.69. The standard InChI is InChI=1S/C25H18F3N7O3S/c1-38-19-9-12(8-15-21(19)33-24(34-23(15)29)13-10-31-25(30)32-11-13)14-4-2-7-18(20(14)28)35-39(36,37)22-16(26)5-3-6-17(22)27/h2-11,35H,1H3,(H2,29,33,34)(H2,30,31,32). The number of ether oxygens (including phenoxy) is 1. The first-order valence-electron chi connectivity index (χ1n) is 11.1. The maximum atomic E-state index is 15.6. The van der Waals surface area contributed by atoms with E-state index in [0.29, 0.717) is 16.5 Å². The lowest BCUT2D eigenvalue weighted by Gasteiger charge is -2.15. The first kappa shape index (κ1) is 25.7. The number of hydrogen-bond donors (Lipinski definition) is 3. The van der Waals surface area contributed by atoms with Crippen LogP contribution < -0.4 is 20.9 Å². The van der Waals surface area contributed by atoms with E-state index in [9.17, 15) is 17.2 Å². The Labute approximate surface area is 219 Å². The van der Waals surface area contributed by atoms with E-state index in [1.165, 1.54) is 43.8 Å². The predicted octanol–water partition coefficient (Wildman–Crippen LogP) is 4.14. The van der Waals surface area contributed by atoms with Crippen molar-refractivity contribution in [3.05, 3.63) is 78.4 Å². The third-order valence-corrected chi connectivity index (χ3v) is 7.10. The molecule has 0 aliphatic rings. The SMILES string of the molecule is COc1cc(-c2cccc(NS(=O)(=O)c3c(F)cccc3F)c2F)cc2c(N)nc(-c3cnc(N)nc3)nc12. The summed E-state index contributed by atoms with van der Waals surface area (Å²) in [6.07, 6.45) is 2.86. The molecule has 5 rings (SSSR count). The average Bonchev–Trinajstić information content (AvgIpc) is 2.89. The fraction of sp³-hybridized carbons (Fsp3) is 0.0400. The lowest BCUT2D eigenvalue weighted by Crippen LogP contribution is -2.17. The van der Waals surface area contributed by atoms with Crippen molar-refractivity contribution in [3.63, 3.8) is 0 Å². The van der Waals surface area contributed by atoms with Crippen LogP contribution in [0.4, 0.5) is 30.6 Å². The largest absolute Gasteiger partial charge is 0.494 e. The molecule has 0 aliphatic carbocycles.